The monoisotopic (exact) mass is 260 g/mol. The highest BCUT2D eigenvalue weighted by atomic mass is 35.5. The number of rotatable bonds is 3. The van der Waals surface area contributed by atoms with Crippen LogP contribution < -0.4 is 5.32 Å². The topological polar surface area (TPSA) is 70.7 Å². The minimum atomic E-state index is -0.186. The Hall–Kier alpha value is -2.32. The second-order valence-corrected chi connectivity index (χ2v) is 4.00. The first-order valence-electron chi connectivity index (χ1n) is 5.14. The zero-order valence-electron chi connectivity index (χ0n) is 9.30. The van der Waals surface area contributed by atoms with Crippen LogP contribution in [0.15, 0.2) is 36.9 Å². The van der Waals surface area contributed by atoms with Gasteiger partial charge in [0.2, 0.25) is 5.91 Å². The summed E-state index contributed by atoms with van der Waals surface area (Å²) in [5.74, 6) is -0.186. The van der Waals surface area contributed by atoms with Gasteiger partial charge in [-0.3, -0.25) is 4.79 Å². The first-order chi connectivity index (χ1) is 8.69. The molecular formula is C12H9ClN4O. The minimum absolute atomic E-state index is 0.178. The Kier molecular flexibility index (Phi) is 3.60. The molecule has 0 fully saturated rings. The van der Waals surface area contributed by atoms with Gasteiger partial charge in [-0.15, -0.1) is 0 Å². The van der Waals surface area contributed by atoms with Gasteiger partial charge in [0.05, 0.1) is 16.9 Å². The smallest absolute Gasteiger partial charge is 0.244 e. The predicted octanol–water partition coefficient (Wildman–Crippen LogP) is 2.05. The third-order valence-electron chi connectivity index (χ3n) is 2.26. The van der Waals surface area contributed by atoms with Crippen molar-refractivity contribution in [2.45, 2.75) is 6.54 Å². The van der Waals surface area contributed by atoms with Crippen LogP contribution in [0.1, 0.15) is 5.56 Å². The van der Waals surface area contributed by atoms with E-state index in [1.165, 1.54) is 0 Å². The fourth-order valence-electron chi connectivity index (χ4n) is 1.43. The molecule has 6 heteroatoms. The van der Waals surface area contributed by atoms with E-state index < -0.39 is 0 Å². The number of halogens is 1. The zero-order chi connectivity index (χ0) is 13.0. The zero-order valence-corrected chi connectivity index (χ0v) is 10.1. The van der Waals surface area contributed by atoms with E-state index in [-0.39, 0.29) is 12.5 Å². The van der Waals surface area contributed by atoms with Crippen LogP contribution in [0, 0.1) is 11.3 Å². The lowest BCUT2D eigenvalue weighted by Crippen LogP contribution is -2.17. The summed E-state index contributed by atoms with van der Waals surface area (Å²) in [7, 11) is 0. The highest BCUT2D eigenvalue weighted by Crippen LogP contribution is 2.20. The minimum Gasteiger partial charge on any atom is -0.328 e. The van der Waals surface area contributed by atoms with Crippen molar-refractivity contribution in [3.8, 4) is 6.07 Å². The molecule has 0 atom stereocenters. The summed E-state index contributed by atoms with van der Waals surface area (Å²) in [5, 5.41) is 11.7. The average Bonchev–Trinajstić information content (AvgIpc) is 2.82. The predicted molar refractivity (Wildman–Crippen MR) is 67.0 cm³/mol. The first kappa shape index (κ1) is 12.1. The van der Waals surface area contributed by atoms with Crippen LogP contribution in [0.4, 0.5) is 5.69 Å². The van der Waals surface area contributed by atoms with E-state index >= 15 is 0 Å². The second-order valence-electron chi connectivity index (χ2n) is 3.59. The molecule has 5 nitrogen and oxygen atoms in total. The molecule has 0 aliphatic carbocycles. The molecule has 1 aromatic carbocycles. The van der Waals surface area contributed by atoms with E-state index in [0.29, 0.717) is 16.3 Å². The molecule has 0 saturated carbocycles. The summed E-state index contributed by atoms with van der Waals surface area (Å²) in [6.07, 6.45) is 4.86. The fraction of sp³-hybridized carbons (Fsp3) is 0.0833. The lowest BCUT2D eigenvalue weighted by molar-refractivity contribution is -0.116. The van der Waals surface area contributed by atoms with Gasteiger partial charge in [0.1, 0.15) is 12.6 Å². The Morgan fingerprint density at radius 2 is 2.39 bits per heavy atom. The largest absolute Gasteiger partial charge is 0.328 e. The number of aromatic nitrogens is 2. The quantitative estimate of drug-likeness (QED) is 0.918. The van der Waals surface area contributed by atoms with Gasteiger partial charge < -0.3 is 9.88 Å². The van der Waals surface area contributed by atoms with Gasteiger partial charge >= 0.3 is 0 Å². The van der Waals surface area contributed by atoms with E-state index in [2.05, 4.69) is 10.3 Å². The van der Waals surface area contributed by atoms with Crippen LogP contribution in [0.5, 0.6) is 0 Å². The molecule has 1 heterocycles. The molecule has 0 unspecified atom stereocenters. The van der Waals surface area contributed by atoms with Crippen molar-refractivity contribution in [1.29, 1.82) is 5.26 Å². The van der Waals surface area contributed by atoms with Gasteiger partial charge in [-0.2, -0.15) is 5.26 Å². The van der Waals surface area contributed by atoms with Crippen LogP contribution in [0.3, 0.4) is 0 Å². The summed E-state index contributed by atoms with van der Waals surface area (Å²) in [4.78, 5) is 15.5. The van der Waals surface area contributed by atoms with Gasteiger partial charge in [0.25, 0.3) is 0 Å². The molecule has 0 saturated heterocycles. The third kappa shape index (κ3) is 2.87. The Labute approximate surface area is 109 Å². The number of carbonyl (C=O) groups is 1. The van der Waals surface area contributed by atoms with Gasteiger partial charge in [-0.05, 0) is 18.2 Å². The Morgan fingerprint density at radius 1 is 1.56 bits per heavy atom. The third-order valence-corrected chi connectivity index (χ3v) is 2.57. The number of anilines is 1. The number of benzene rings is 1. The van der Waals surface area contributed by atoms with Crippen molar-refractivity contribution >= 4 is 23.2 Å². The normalized spacial score (nSPS) is 9.78. The highest BCUT2D eigenvalue weighted by Gasteiger charge is 2.05. The van der Waals surface area contributed by atoms with Crippen LogP contribution in [-0.4, -0.2) is 15.5 Å². The van der Waals surface area contributed by atoms with Crippen LogP contribution in [0.2, 0.25) is 5.02 Å². The van der Waals surface area contributed by atoms with Crippen molar-refractivity contribution in [3.05, 3.63) is 47.5 Å². The summed E-state index contributed by atoms with van der Waals surface area (Å²) < 4.78 is 1.65. The molecule has 1 aromatic heterocycles. The number of hydrogen-bond acceptors (Lipinski definition) is 3. The number of nitrogens with zero attached hydrogens (tertiary/aromatic N) is 3. The average molecular weight is 261 g/mol. The molecular weight excluding hydrogens is 252 g/mol. The molecule has 1 amide bonds. The van der Waals surface area contributed by atoms with E-state index in [0.717, 1.165) is 0 Å². The van der Waals surface area contributed by atoms with E-state index in [9.17, 15) is 4.79 Å². The number of imidazole rings is 1. The molecule has 1 N–H and O–H groups in total. The number of carbonyl (C=O) groups excluding carboxylic acids is 1. The maximum absolute atomic E-state index is 11.7. The summed E-state index contributed by atoms with van der Waals surface area (Å²) in [6, 6.07) is 6.70. The first-order valence-corrected chi connectivity index (χ1v) is 5.52. The lowest BCUT2D eigenvalue weighted by atomic mass is 10.2. The molecule has 90 valence electrons. The summed E-state index contributed by atoms with van der Waals surface area (Å²) >= 11 is 5.87. The van der Waals surface area contributed by atoms with Crippen molar-refractivity contribution < 1.29 is 4.79 Å². The van der Waals surface area contributed by atoms with Gasteiger partial charge in [-0.25, -0.2) is 4.98 Å². The summed E-state index contributed by atoms with van der Waals surface area (Å²) in [5.41, 5.74) is 0.938. The molecule has 18 heavy (non-hydrogen) atoms. The van der Waals surface area contributed by atoms with Gasteiger partial charge in [0.15, 0.2) is 0 Å². The number of nitrogens with one attached hydrogen (secondary N) is 1. The maximum atomic E-state index is 11.7. The number of nitriles is 1. The van der Waals surface area contributed by atoms with Crippen molar-refractivity contribution in [1.82, 2.24) is 9.55 Å². The van der Waals surface area contributed by atoms with Crippen molar-refractivity contribution in [2.75, 3.05) is 5.32 Å². The van der Waals surface area contributed by atoms with E-state index in [1.54, 1.807) is 41.5 Å². The molecule has 0 spiro atoms. The van der Waals surface area contributed by atoms with Crippen molar-refractivity contribution in [3.63, 3.8) is 0 Å². The second kappa shape index (κ2) is 5.34. The molecule has 0 aliphatic heterocycles. The van der Waals surface area contributed by atoms with Crippen LogP contribution >= 0.6 is 11.6 Å². The Balaban J connectivity index is 2.03. The molecule has 0 radical (unpaired) electrons. The highest BCUT2D eigenvalue weighted by molar-refractivity contribution is 6.32. The molecule has 0 aliphatic rings. The van der Waals surface area contributed by atoms with E-state index in [4.69, 9.17) is 16.9 Å². The molecule has 0 bridgehead atoms. The van der Waals surface area contributed by atoms with Crippen molar-refractivity contribution in [2.24, 2.45) is 0 Å². The van der Waals surface area contributed by atoms with Crippen LogP contribution in [0.25, 0.3) is 0 Å². The SMILES string of the molecule is N#Cc1ccc(NC(=O)Cn2ccnc2)cc1Cl. The number of amides is 1. The summed E-state index contributed by atoms with van der Waals surface area (Å²) in [6.45, 7) is 0.178. The van der Waals surface area contributed by atoms with Gasteiger partial charge in [0, 0.05) is 18.1 Å². The number of hydrogen-bond donors (Lipinski definition) is 1. The maximum Gasteiger partial charge on any atom is 0.244 e. The standard InChI is InChI=1S/C12H9ClN4O/c13-11-5-10(2-1-9(11)6-14)16-12(18)7-17-4-3-15-8-17/h1-5,8H,7H2,(H,16,18). The van der Waals surface area contributed by atoms with E-state index in [1.807, 2.05) is 6.07 Å². The fourth-order valence-corrected chi connectivity index (χ4v) is 1.65. The Bertz CT molecular complexity index is 601. The lowest BCUT2D eigenvalue weighted by Gasteiger charge is -2.06. The van der Waals surface area contributed by atoms with Gasteiger partial charge in [-0.1, -0.05) is 11.6 Å². The molecule has 2 aromatic rings. The van der Waals surface area contributed by atoms with Crippen LogP contribution in [-0.2, 0) is 11.3 Å². The molecule has 2 rings (SSSR count). The Morgan fingerprint density at radius 3 is 3.00 bits per heavy atom.